The van der Waals surface area contributed by atoms with Crippen LogP contribution in [0.15, 0.2) is 0 Å². The van der Waals surface area contributed by atoms with Crippen LogP contribution in [0.25, 0.3) is 0 Å². The highest BCUT2D eigenvalue weighted by molar-refractivity contribution is 5.78. The Labute approximate surface area is 104 Å². The molecule has 1 atom stereocenters. The lowest BCUT2D eigenvalue weighted by atomic mass is 9.95. The molecule has 100 valence electrons. The van der Waals surface area contributed by atoms with Gasteiger partial charge in [0.15, 0.2) is 0 Å². The van der Waals surface area contributed by atoms with Gasteiger partial charge < -0.3 is 15.3 Å². The first kappa shape index (κ1) is 14.5. The fourth-order valence-corrected chi connectivity index (χ4v) is 2.20. The lowest BCUT2D eigenvalue weighted by Crippen LogP contribution is -2.49. The topological polar surface area (TPSA) is 52.6 Å². The van der Waals surface area contributed by atoms with Crippen LogP contribution >= 0.6 is 0 Å². The van der Waals surface area contributed by atoms with Crippen LogP contribution in [-0.2, 0) is 4.79 Å². The Morgan fingerprint density at radius 1 is 1.53 bits per heavy atom. The van der Waals surface area contributed by atoms with Gasteiger partial charge >= 0.3 is 5.97 Å². The highest BCUT2D eigenvalue weighted by Crippen LogP contribution is 2.29. The molecule has 1 rings (SSSR count). The van der Waals surface area contributed by atoms with E-state index in [1.165, 1.54) is 19.4 Å². The summed E-state index contributed by atoms with van der Waals surface area (Å²) >= 11 is 0. The first-order valence-electron chi connectivity index (χ1n) is 6.65. The molecule has 4 heteroatoms. The van der Waals surface area contributed by atoms with E-state index < -0.39 is 11.5 Å². The maximum Gasteiger partial charge on any atom is 0.323 e. The van der Waals surface area contributed by atoms with Gasteiger partial charge in [0.05, 0.1) is 0 Å². The van der Waals surface area contributed by atoms with Crippen molar-refractivity contribution in [3.8, 4) is 0 Å². The summed E-state index contributed by atoms with van der Waals surface area (Å²) in [6, 6.07) is 0. The van der Waals surface area contributed by atoms with Crippen LogP contribution in [0.2, 0.25) is 0 Å². The first-order chi connectivity index (χ1) is 7.98. The zero-order chi connectivity index (χ0) is 12.9. The van der Waals surface area contributed by atoms with Crippen molar-refractivity contribution in [2.75, 3.05) is 26.7 Å². The standard InChI is InChI=1S/C13H26N2O2/c1-4-14-13(2,12(16)17)8-5-9-15(3)10-11-6-7-11/h11,14H,4-10H2,1-3H3,(H,16,17). The van der Waals surface area contributed by atoms with Gasteiger partial charge in [-0.25, -0.2) is 0 Å². The van der Waals surface area contributed by atoms with Crippen LogP contribution in [0.3, 0.4) is 0 Å². The number of nitrogens with one attached hydrogen (secondary N) is 1. The number of hydrogen-bond acceptors (Lipinski definition) is 3. The molecule has 1 aliphatic rings. The second kappa shape index (κ2) is 6.36. The van der Waals surface area contributed by atoms with Crippen LogP contribution in [0, 0.1) is 5.92 Å². The molecular formula is C13H26N2O2. The lowest BCUT2D eigenvalue weighted by molar-refractivity contribution is -0.144. The van der Waals surface area contributed by atoms with E-state index in [1.807, 2.05) is 6.92 Å². The van der Waals surface area contributed by atoms with E-state index in [1.54, 1.807) is 6.92 Å². The molecule has 0 saturated heterocycles. The van der Waals surface area contributed by atoms with Gasteiger partial charge in [-0.05, 0) is 58.7 Å². The van der Waals surface area contributed by atoms with Crippen molar-refractivity contribution in [2.24, 2.45) is 5.92 Å². The molecule has 0 aliphatic heterocycles. The zero-order valence-electron chi connectivity index (χ0n) is 11.3. The summed E-state index contributed by atoms with van der Waals surface area (Å²) in [6.07, 6.45) is 4.35. The molecule has 0 amide bonds. The number of rotatable bonds is 9. The van der Waals surface area contributed by atoms with Gasteiger partial charge in [0.1, 0.15) is 5.54 Å². The van der Waals surface area contributed by atoms with Crippen molar-refractivity contribution in [1.29, 1.82) is 0 Å². The molecule has 0 aromatic rings. The number of carboxylic acids is 1. The molecule has 0 bridgehead atoms. The summed E-state index contributed by atoms with van der Waals surface area (Å²) in [6.45, 7) is 6.58. The Hall–Kier alpha value is -0.610. The summed E-state index contributed by atoms with van der Waals surface area (Å²) in [5.74, 6) is 0.156. The lowest BCUT2D eigenvalue weighted by Gasteiger charge is -2.26. The van der Waals surface area contributed by atoms with Gasteiger partial charge in [0.2, 0.25) is 0 Å². The molecular weight excluding hydrogens is 216 g/mol. The Kier molecular flexibility index (Phi) is 5.40. The predicted molar refractivity (Wildman–Crippen MR) is 69.2 cm³/mol. The van der Waals surface area contributed by atoms with Crippen molar-refractivity contribution < 1.29 is 9.90 Å². The second-order valence-corrected chi connectivity index (χ2v) is 5.48. The summed E-state index contributed by atoms with van der Waals surface area (Å²) < 4.78 is 0. The Bertz CT molecular complexity index is 254. The minimum atomic E-state index is -0.769. The fraction of sp³-hybridized carbons (Fsp3) is 0.923. The van der Waals surface area contributed by atoms with E-state index >= 15 is 0 Å². The van der Waals surface area contributed by atoms with Gasteiger partial charge in [-0.2, -0.15) is 0 Å². The Morgan fingerprint density at radius 3 is 2.65 bits per heavy atom. The van der Waals surface area contributed by atoms with Crippen LogP contribution in [-0.4, -0.2) is 48.2 Å². The smallest absolute Gasteiger partial charge is 0.323 e. The van der Waals surface area contributed by atoms with E-state index in [9.17, 15) is 9.90 Å². The minimum Gasteiger partial charge on any atom is -0.480 e. The highest BCUT2D eigenvalue weighted by Gasteiger charge is 2.31. The summed E-state index contributed by atoms with van der Waals surface area (Å²) in [5, 5.41) is 12.3. The third-order valence-corrected chi connectivity index (χ3v) is 3.52. The maximum absolute atomic E-state index is 11.2. The van der Waals surface area contributed by atoms with Gasteiger partial charge in [-0.3, -0.25) is 4.79 Å². The minimum absolute atomic E-state index is 0.686. The van der Waals surface area contributed by atoms with Crippen molar-refractivity contribution in [1.82, 2.24) is 10.2 Å². The van der Waals surface area contributed by atoms with Crippen LogP contribution in [0.4, 0.5) is 0 Å². The van der Waals surface area contributed by atoms with Crippen LogP contribution in [0.5, 0.6) is 0 Å². The number of nitrogens with zero attached hydrogens (tertiary/aromatic N) is 1. The summed E-state index contributed by atoms with van der Waals surface area (Å²) in [5.41, 5.74) is -0.769. The highest BCUT2D eigenvalue weighted by atomic mass is 16.4. The Balaban J connectivity index is 2.23. The van der Waals surface area contributed by atoms with E-state index in [4.69, 9.17) is 0 Å². The molecule has 1 aliphatic carbocycles. The van der Waals surface area contributed by atoms with Crippen LogP contribution < -0.4 is 5.32 Å². The van der Waals surface area contributed by atoms with E-state index in [0.29, 0.717) is 13.0 Å². The maximum atomic E-state index is 11.2. The van der Waals surface area contributed by atoms with E-state index in [2.05, 4.69) is 17.3 Å². The SMILES string of the molecule is CCNC(C)(CCCN(C)CC1CC1)C(=O)O. The number of carboxylic acid groups (broad SMARTS) is 1. The van der Waals surface area contributed by atoms with Gasteiger partial charge in [0, 0.05) is 6.54 Å². The third-order valence-electron chi connectivity index (χ3n) is 3.52. The average molecular weight is 242 g/mol. The number of hydrogen-bond donors (Lipinski definition) is 2. The quantitative estimate of drug-likeness (QED) is 0.644. The molecule has 2 N–H and O–H groups in total. The molecule has 0 aromatic heterocycles. The van der Waals surface area contributed by atoms with E-state index in [-0.39, 0.29) is 0 Å². The molecule has 1 fully saturated rings. The van der Waals surface area contributed by atoms with Crippen molar-refractivity contribution in [2.45, 2.75) is 45.1 Å². The normalized spacial score (nSPS) is 19.3. The average Bonchev–Trinajstić information content (AvgIpc) is 3.01. The van der Waals surface area contributed by atoms with E-state index in [0.717, 1.165) is 18.9 Å². The number of likely N-dealkylation sites (N-methyl/N-ethyl adjacent to an activating group) is 1. The summed E-state index contributed by atoms with van der Waals surface area (Å²) in [4.78, 5) is 13.5. The van der Waals surface area contributed by atoms with Crippen molar-refractivity contribution in [3.63, 3.8) is 0 Å². The van der Waals surface area contributed by atoms with Crippen molar-refractivity contribution >= 4 is 5.97 Å². The molecule has 4 nitrogen and oxygen atoms in total. The monoisotopic (exact) mass is 242 g/mol. The first-order valence-corrected chi connectivity index (χ1v) is 6.65. The summed E-state index contributed by atoms with van der Waals surface area (Å²) in [7, 11) is 2.13. The van der Waals surface area contributed by atoms with Crippen LogP contribution in [0.1, 0.15) is 39.5 Å². The van der Waals surface area contributed by atoms with Gasteiger partial charge in [-0.15, -0.1) is 0 Å². The molecule has 17 heavy (non-hydrogen) atoms. The van der Waals surface area contributed by atoms with Gasteiger partial charge in [0.25, 0.3) is 0 Å². The fourth-order valence-electron chi connectivity index (χ4n) is 2.20. The molecule has 0 aromatic carbocycles. The molecule has 1 unspecified atom stereocenters. The number of aliphatic carboxylic acids is 1. The van der Waals surface area contributed by atoms with Gasteiger partial charge in [-0.1, -0.05) is 6.92 Å². The predicted octanol–water partition coefficient (Wildman–Crippen LogP) is 1.56. The molecule has 0 spiro atoms. The zero-order valence-corrected chi connectivity index (χ0v) is 11.3. The third kappa shape index (κ3) is 5.04. The molecule has 0 radical (unpaired) electrons. The number of carbonyl (C=O) groups is 1. The Morgan fingerprint density at radius 2 is 2.18 bits per heavy atom. The largest absolute Gasteiger partial charge is 0.480 e. The molecule has 1 saturated carbocycles. The molecule has 0 heterocycles. The van der Waals surface area contributed by atoms with Crippen molar-refractivity contribution in [3.05, 3.63) is 0 Å². The second-order valence-electron chi connectivity index (χ2n) is 5.48.